The van der Waals surface area contributed by atoms with Crippen LogP contribution in [0.5, 0.6) is 11.5 Å². The Morgan fingerprint density at radius 1 is 1.31 bits per heavy atom. The number of nitrogens with zero attached hydrogens (tertiary/aromatic N) is 4. The number of hydrogen-bond donors (Lipinski definition) is 0. The molecule has 9 heteroatoms. The van der Waals surface area contributed by atoms with Crippen LogP contribution in [0.2, 0.25) is 0 Å². The first-order valence-electron chi connectivity index (χ1n) is 8.17. The van der Waals surface area contributed by atoms with Gasteiger partial charge in [-0.05, 0) is 31.5 Å². The molecule has 1 aliphatic heterocycles. The maximum absolute atomic E-state index is 12.5. The number of fused-ring (bicyclic) bond motifs is 1. The third kappa shape index (κ3) is 3.46. The molecular formula is C17H20N4O5. The van der Waals surface area contributed by atoms with Crippen molar-refractivity contribution in [1.29, 1.82) is 0 Å². The van der Waals surface area contributed by atoms with Gasteiger partial charge in [0.05, 0.1) is 4.92 Å². The number of ether oxygens (including phenoxy) is 2. The third-order valence-corrected chi connectivity index (χ3v) is 4.26. The standard InChI is InChI=1S/C17H20N4O5/c1-11-17(21(23)24)12(2)20(18-11)10-16(22)19(3)9-13-4-5-14-15(8-13)26-7-6-25-14/h4-5,8H,6-7,9-10H2,1-3H3. The van der Waals surface area contributed by atoms with Crippen LogP contribution in [0, 0.1) is 24.0 Å². The zero-order valence-corrected chi connectivity index (χ0v) is 14.9. The second-order valence-electron chi connectivity index (χ2n) is 6.16. The Balaban J connectivity index is 1.69. The molecular weight excluding hydrogens is 340 g/mol. The van der Waals surface area contributed by atoms with Crippen molar-refractivity contribution >= 4 is 11.6 Å². The number of amides is 1. The zero-order chi connectivity index (χ0) is 18.8. The van der Waals surface area contributed by atoms with Gasteiger partial charge in [0.15, 0.2) is 11.5 Å². The lowest BCUT2D eigenvalue weighted by Crippen LogP contribution is -2.30. The van der Waals surface area contributed by atoms with E-state index in [4.69, 9.17) is 9.47 Å². The SMILES string of the molecule is Cc1nn(CC(=O)N(C)Cc2ccc3c(c2)OCCO3)c(C)c1[N+](=O)[O-]. The van der Waals surface area contributed by atoms with E-state index in [1.165, 1.54) is 4.68 Å². The summed E-state index contributed by atoms with van der Waals surface area (Å²) in [6.07, 6.45) is 0. The van der Waals surface area contributed by atoms with Crippen LogP contribution in [-0.4, -0.2) is 45.8 Å². The van der Waals surface area contributed by atoms with Crippen molar-refractivity contribution in [3.63, 3.8) is 0 Å². The van der Waals surface area contributed by atoms with Crippen LogP contribution < -0.4 is 9.47 Å². The highest BCUT2D eigenvalue weighted by Crippen LogP contribution is 2.31. The maximum Gasteiger partial charge on any atom is 0.312 e. The minimum atomic E-state index is -0.475. The smallest absolute Gasteiger partial charge is 0.312 e. The van der Waals surface area contributed by atoms with Gasteiger partial charge >= 0.3 is 5.69 Å². The van der Waals surface area contributed by atoms with Crippen molar-refractivity contribution in [2.45, 2.75) is 26.9 Å². The third-order valence-electron chi connectivity index (χ3n) is 4.26. The Labute approximate surface area is 150 Å². The van der Waals surface area contributed by atoms with Gasteiger partial charge in [0.25, 0.3) is 0 Å². The van der Waals surface area contributed by atoms with Gasteiger partial charge in [0.1, 0.15) is 31.1 Å². The highest BCUT2D eigenvalue weighted by Gasteiger charge is 2.23. The summed E-state index contributed by atoms with van der Waals surface area (Å²) in [5.41, 5.74) is 1.53. The van der Waals surface area contributed by atoms with E-state index in [-0.39, 0.29) is 18.1 Å². The molecule has 138 valence electrons. The minimum Gasteiger partial charge on any atom is -0.486 e. The Morgan fingerprint density at radius 2 is 2.00 bits per heavy atom. The van der Waals surface area contributed by atoms with Gasteiger partial charge < -0.3 is 14.4 Å². The van der Waals surface area contributed by atoms with Crippen LogP contribution >= 0.6 is 0 Å². The molecule has 0 atom stereocenters. The van der Waals surface area contributed by atoms with Crippen LogP contribution in [0.15, 0.2) is 18.2 Å². The average Bonchev–Trinajstić information content (AvgIpc) is 2.88. The molecule has 2 aromatic rings. The molecule has 0 spiro atoms. The van der Waals surface area contributed by atoms with Crippen molar-refractivity contribution in [2.24, 2.45) is 0 Å². The van der Waals surface area contributed by atoms with Crippen molar-refractivity contribution in [1.82, 2.24) is 14.7 Å². The molecule has 0 fully saturated rings. The van der Waals surface area contributed by atoms with Crippen molar-refractivity contribution in [3.05, 3.63) is 45.3 Å². The predicted molar refractivity (Wildman–Crippen MR) is 92.3 cm³/mol. The summed E-state index contributed by atoms with van der Waals surface area (Å²) in [6, 6.07) is 5.56. The molecule has 0 unspecified atom stereocenters. The van der Waals surface area contributed by atoms with E-state index in [0.717, 1.165) is 5.56 Å². The molecule has 1 aromatic carbocycles. The molecule has 0 saturated heterocycles. The number of aromatic nitrogens is 2. The fraction of sp³-hybridized carbons (Fsp3) is 0.412. The van der Waals surface area contributed by atoms with Crippen LogP contribution in [0.25, 0.3) is 0 Å². The molecule has 2 heterocycles. The van der Waals surface area contributed by atoms with Crippen molar-refractivity contribution in [2.75, 3.05) is 20.3 Å². The lowest BCUT2D eigenvalue weighted by atomic mass is 10.2. The quantitative estimate of drug-likeness (QED) is 0.596. The van der Waals surface area contributed by atoms with Crippen LogP contribution in [0.1, 0.15) is 17.0 Å². The summed E-state index contributed by atoms with van der Waals surface area (Å²) in [7, 11) is 1.68. The Hall–Kier alpha value is -3.10. The van der Waals surface area contributed by atoms with Crippen molar-refractivity contribution < 1.29 is 19.2 Å². The average molecular weight is 360 g/mol. The molecule has 1 aliphatic rings. The van der Waals surface area contributed by atoms with Gasteiger partial charge in [-0.3, -0.25) is 19.6 Å². The van der Waals surface area contributed by atoms with Crippen LogP contribution in [0.4, 0.5) is 5.69 Å². The predicted octanol–water partition coefficient (Wildman–Crippen LogP) is 1.84. The number of carbonyl (C=O) groups is 1. The van der Waals surface area contributed by atoms with E-state index in [1.54, 1.807) is 25.8 Å². The molecule has 0 bridgehead atoms. The number of aryl methyl sites for hydroxylation is 1. The highest BCUT2D eigenvalue weighted by atomic mass is 16.6. The molecule has 1 amide bonds. The van der Waals surface area contributed by atoms with Gasteiger partial charge in [0.2, 0.25) is 5.91 Å². The molecule has 0 radical (unpaired) electrons. The molecule has 9 nitrogen and oxygen atoms in total. The van der Waals surface area contributed by atoms with Crippen LogP contribution in [-0.2, 0) is 17.9 Å². The first kappa shape index (κ1) is 17.7. The summed E-state index contributed by atoms with van der Waals surface area (Å²) >= 11 is 0. The largest absolute Gasteiger partial charge is 0.486 e. The van der Waals surface area contributed by atoms with E-state index in [0.29, 0.717) is 42.6 Å². The molecule has 0 N–H and O–H groups in total. The highest BCUT2D eigenvalue weighted by molar-refractivity contribution is 5.76. The number of rotatable bonds is 5. The van der Waals surface area contributed by atoms with Crippen molar-refractivity contribution in [3.8, 4) is 11.5 Å². The van der Waals surface area contributed by atoms with Gasteiger partial charge in [-0.15, -0.1) is 0 Å². The maximum atomic E-state index is 12.5. The van der Waals surface area contributed by atoms with Gasteiger partial charge in [0, 0.05) is 13.6 Å². The summed E-state index contributed by atoms with van der Waals surface area (Å²) in [5.74, 6) is 1.17. The zero-order valence-electron chi connectivity index (χ0n) is 14.9. The van der Waals surface area contributed by atoms with E-state index in [1.807, 2.05) is 18.2 Å². The Morgan fingerprint density at radius 3 is 2.65 bits per heavy atom. The lowest BCUT2D eigenvalue weighted by Gasteiger charge is -2.21. The Kier molecular flexibility index (Phi) is 4.79. The van der Waals surface area contributed by atoms with E-state index in [9.17, 15) is 14.9 Å². The van der Waals surface area contributed by atoms with Gasteiger partial charge in [-0.25, -0.2) is 0 Å². The molecule has 0 aliphatic carbocycles. The number of benzene rings is 1. The van der Waals surface area contributed by atoms with Gasteiger partial charge in [-0.1, -0.05) is 6.07 Å². The monoisotopic (exact) mass is 360 g/mol. The number of likely N-dealkylation sites (N-methyl/N-ethyl adjacent to an activating group) is 1. The summed E-state index contributed by atoms with van der Waals surface area (Å²) in [4.78, 5) is 24.6. The minimum absolute atomic E-state index is 0.0488. The second-order valence-corrected chi connectivity index (χ2v) is 6.16. The van der Waals surface area contributed by atoms with Gasteiger partial charge in [-0.2, -0.15) is 5.10 Å². The number of nitro groups is 1. The Bertz CT molecular complexity index is 861. The molecule has 1 aromatic heterocycles. The molecule has 3 rings (SSSR count). The summed E-state index contributed by atoms with van der Waals surface area (Å²) in [6.45, 7) is 4.51. The fourth-order valence-corrected chi connectivity index (χ4v) is 2.90. The van der Waals surface area contributed by atoms with E-state index in [2.05, 4.69) is 5.10 Å². The van der Waals surface area contributed by atoms with E-state index < -0.39 is 4.92 Å². The number of hydrogen-bond acceptors (Lipinski definition) is 6. The normalized spacial score (nSPS) is 12.7. The molecule has 0 saturated carbocycles. The first-order chi connectivity index (χ1) is 12.4. The van der Waals surface area contributed by atoms with E-state index >= 15 is 0 Å². The topological polar surface area (TPSA) is 99.7 Å². The second kappa shape index (κ2) is 7.03. The first-order valence-corrected chi connectivity index (χ1v) is 8.17. The summed E-state index contributed by atoms with van der Waals surface area (Å²) in [5, 5.41) is 15.2. The summed E-state index contributed by atoms with van der Waals surface area (Å²) < 4.78 is 12.4. The van der Waals surface area contributed by atoms with Crippen LogP contribution in [0.3, 0.4) is 0 Å². The fourth-order valence-electron chi connectivity index (χ4n) is 2.90. The lowest BCUT2D eigenvalue weighted by molar-refractivity contribution is -0.386. The molecule has 26 heavy (non-hydrogen) atoms. The number of carbonyl (C=O) groups excluding carboxylic acids is 1.